The van der Waals surface area contributed by atoms with Gasteiger partial charge in [0.2, 0.25) is 5.91 Å². The first-order valence-corrected chi connectivity index (χ1v) is 9.53. The predicted molar refractivity (Wildman–Crippen MR) is 108 cm³/mol. The van der Waals surface area contributed by atoms with Crippen molar-refractivity contribution in [1.29, 1.82) is 0 Å². The average Bonchev–Trinajstić information content (AvgIpc) is 3.09. The number of phenols is 2. The molecule has 1 unspecified atom stereocenters. The largest absolute Gasteiger partial charge is 0.508 e. The maximum atomic E-state index is 12.8. The molecule has 3 aromatic carbocycles. The number of fused-ring (bicyclic) bond motifs is 1. The van der Waals surface area contributed by atoms with E-state index in [1.54, 1.807) is 30.3 Å². The van der Waals surface area contributed by atoms with E-state index in [4.69, 9.17) is 0 Å². The lowest BCUT2D eigenvalue weighted by molar-refractivity contribution is -0.121. The molecule has 0 saturated carbocycles. The van der Waals surface area contributed by atoms with Gasteiger partial charge in [0, 0.05) is 23.9 Å². The molecule has 0 fully saturated rings. The van der Waals surface area contributed by atoms with Crippen LogP contribution in [0.5, 0.6) is 11.5 Å². The highest BCUT2D eigenvalue weighted by Crippen LogP contribution is 2.35. The van der Waals surface area contributed by atoms with E-state index in [0.717, 1.165) is 18.4 Å². The third kappa shape index (κ3) is 3.86. The molecule has 0 saturated heterocycles. The molecule has 0 radical (unpaired) electrons. The molecule has 1 aliphatic carbocycles. The summed E-state index contributed by atoms with van der Waals surface area (Å²) in [5.41, 5.74) is 4.06. The van der Waals surface area contributed by atoms with Gasteiger partial charge in [0.05, 0.1) is 0 Å². The van der Waals surface area contributed by atoms with E-state index in [1.807, 2.05) is 30.3 Å². The van der Waals surface area contributed by atoms with Crippen LogP contribution < -0.4 is 5.32 Å². The first kappa shape index (κ1) is 18.1. The highest BCUT2D eigenvalue weighted by Gasteiger charge is 2.26. The van der Waals surface area contributed by atoms with E-state index < -0.39 is 0 Å². The molecular weight excluding hydrogens is 350 g/mol. The van der Waals surface area contributed by atoms with E-state index >= 15 is 0 Å². The highest BCUT2D eigenvalue weighted by molar-refractivity contribution is 5.78. The Kier molecular flexibility index (Phi) is 5.02. The van der Waals surface area contributed by atoms with Crippen LogP contribution in [0.15, 0.2) is 72.8 Å². The minimum atomic E-state index is -0.336. The molecule has 0 aliphatic heterocycles. The van der Waals surface area contributed by atoms with Crippen molar-refractivity contribution in [2.75, 3.05) is 0 Å². The molecule has 0 bridgehead atoms. The first-order chi connectivity index (χ1) is 13.6. The molecule has 142 valence electrons. The van der Waals surface area contributed by atoms with Crippen LogP contribution in [0, 0.1) is 0 Å². The normalized spacial score (nSPS) is 14.4. The van der Waals surface area contributed by atoms with Crippen molar-refractivity contribution < 1.29 is 15.0 Å². The standard InChI is InChI=1S/C24H23NO3/c26-20-9-5-8-18(14-20)22(21-10-3-4-11-23(21)27)15-24(28)25-19-12-16-6-1-2-7-17(16)13-19/h1-11,14,19,22,26-27H,12-13,15H2,(H,25,28). The lowest BCUT2D eigenvalue weighted by atomic mass is 9.87. The molecule has 0 aromatic heterocycles. The quantitative estimate of drug-likeness (QED) is 0.635. The number of phenolic OH excluding ortho intramolecular Hbond substituents is 2. The van der Waals surface area contributed by atoms with Crippen molar-refractivity contribution in [3.8, 4) is 11.5 Å². The topological polar surface area (TPSA) is 69.6 Å². The van der Waals surface area contributed by atoms with Gasteiger partial charge in [-0.1, -0.05) is 54.6 Å². The van der Waals surface area contributed by atoms with Gasteiger partial charge in [-0.15, -0.1) is 0 Å². The molecule has 28 heavy (non-hydrogen) atoms. The highest BCUT2D eigenvalue weighted by atomic mass is 16.3. The number of aromatic hydroxyl groups is 2. The number of nitrogens with one attached hydrogen (secondary N) is 1. The van der Waals surface area contributed by atoms with Crippen LogP contribution in [0.3, 0.4) is 0 Å². The van der Waals surface area contributed by atoms with Gasteiger partial charge >= 0.3 is 0 Å². The Labute approximate surface area is 164 Å². The Balaban J connectivity index is 1.53. The van der Waals surface area contributed by atoms with Crippen molar-refractivity contribution in [2.45, 2.75) is 31.2 Å². The van der Waals surface area contributed by atoms with E-state index in [2.05, 4.69) is 17.4 Å². The molecule has 1 amide bonds. The summed E-state index contributed by atoms with van der Waals surface area (Å²) in [5.74, 6) is -0.104. The SMILES string of the molecule is O=C(CC(c1cccc(O)c1)c1ccccc1O)NC1Cc2ccccc2C1. The molecule has 3 N–H and O–H groups in total. The van der Waals surface area contributed by atoms with E-state index in [-0.39, 0.29) is 35.8 Å². The summed E-state index contributed by atoms with van der Waals surface area (Å²) in [6, 6.07) is 22.3. The van der Waals surface area contributed by atoms with Gasteiger partial charge < -0.3 is 15.5 Å². The van der Waals surface area contributed by atoms with Gasteiger partial charge in [0.1, 0.15) is 11.5 Å². The maximum absolute atomic E-state index is 12.8. The summed E-state index contributed by atoms with van der Waals surface area (Å²) in [6.45, 7) is 0. The molecule has 1 atom stereocenters. The van der Waals surface area contributed by atoms with E-state index in [9.17, 15) is 15.0 Å². The number of benzene rings is 3. The first-order valence-electron chi connectivity index (χ1n) is 9.53. The van der Waals surface area contributed by atoms with Crippen LogP contribution in [0.4, 0.5) is 0 Å². The second-order valence-corrected chi connectivity index (χ2v) is 7.35. The van der Waals surface area contributed by atoms with E-state index in [1.165, 1.54) is 11.1 Å². The number of carbonyl (C=O) groups excluding carboxylic acids is 1. The summed E-state index contributed by atoms with van der Waals surface area (Å²) >= 11 is 0. The molecule has 4 rings (SSSR count). The summed E-state index contributed by atoms with van der Waals surface area (Å²) in [4.78, 5) is 12.8. The number of hydrogen-bond acceptors (Lipinski definition) is 3. The summed E-state index contributed by atoms with van der Waals surface area (Å²) < 4.78 is 0. The lowest BCUT2D eigenvalue weighted by Crippen LogP contribution is -2.36. The Hall–Kier alpha value is -3.27. The average molecular weight is 373 g/mol. The number of rotatable bonds is 5. The third-order valence-corrected chi connectivity index (χ3v) is 5.39. The smallest absolute Gasteiger partial charge is 0.221 e. The van der Waals surface area contributed by atoms with Crippen molar-refractivity contribution in [3.05, 3.63) is 95.1 Å². The van der Waals surface area contributed by atoms with Crippen molar-refractivity contribution >= 4 is 5.91 Å². The Bertz CT molecular complexity index is 973. The van der Waals surface area contributed by atoms with Gasteiger partial charge in [-0.25, -0.2) is 0 Å². The maximum Gasteiger partial charge on any atom is 0.221 e. The number of carbonyl (C=O) groups is 1. The van der Waals surface area contributed by atoms with Crippen LogP contribution in [0.1, 0.15) is 34.6 Å². The third-order valence-electron chi connectivity index (χ3n) is 5.39. The van der Waals surface area contributed by atoms with Crippen molar-refractivity contribution in [3.63, 3.8) is 0 Å². The fourth-order valence-electron chi connectivity index (χ4n) is 4.06. The predicted octanol–water partition coefficient (Wildman–Crippen LogP) is 3.90. The zero-order valence-electron chi connectivity index (χ0n) is 15.5. The number of para-hydroxylation sites is 1. The lowest BCUT2D eigenvalue weighted by Gasteiger charge is -2.20. The number of hydrogen-bond donors (Lipinski definition) is 3. The minimum Gasteiger partial charge on any atom is -0.508 e. The van der Waals surface area contributed by atoms with Crippen LogP contribution in [0.25, 0.3) is 0 Å². The van der Waals surface area contributed by atoms with Gasteiger partial charge in [-0.05, 0) is 47.7 Å². The molecule has 4 nitrogen and oxygen atoms in total. The molecule has 4 heteroatoms. The second kappa shape index (κ2) is 7.77. The summed E-state index contributed by atoms with van der Waals surface area (Å²) in [6.07, 6.45) is 1.89. The Morgan fingerprint density at radius 1 is 0.929 bits per heavy atom. The van der Waals surface area contributed by atoms with Crippen molar-refractivity contribution in [1.82, 2.24) is 5.32 Å². The van der Waals surface area contributed by atoms with Crippen LogP contribution >= 0.6 is 0 Å². The Morgan fingerprint density at radius 3 is 2.29 bits per heavy atom. The zero-order valence-corrected chi connectivity index (χ0v) is 15.5. The van der Waals surface area contributed by atoms with Crippen molar-refractivity contribution in [2.24, 2.45) is 0 Å². The number of amides is 1. The van der Waals surface area contributed by atoms with Gasteiger partial charge in [-0.3, -0.25) is 4.79 Å². The van der Waals surface area contributed by atoms with E-state index in [0.29, 0.717) is 5.56 Å². The van der Waals surface area contributed by atoms with Gasteiger partial charge in [0.15, 0.2) is 0 Å². The van der Waals surface area contributed by atoms with Crippen LogP contribution in [-0.4, -0.2) is 22.2 Å². The molecule has 3 aromatic rings. The fraction of sp³-hybridized carbons (Fsp3) is 0.208. The fourth-order valence-corrected chi connectivity index (χ4v) is 4.06. The molecule has 1 aliphatic rings. The van der Waals surface area contributed by atoms with Gasteiger partial charge in [-0.2, -0.15) is 0 Å². The molecule has 0 heterocycles. The zero-order chi connectivity index (χ0) is 19.5. The molecule has 0 spiro atoms. The minimum absolute atomic E-state index is 0.0607. The molecular formula is C24H23NO3. The summed E-state index contributed by atoms with van der Waals surface area (Å²) in [5, 5.41) is 23.4. The monoisotopic (exact) mass is 373 g/mol. The summed E-state index contributed by atoms with van der Waals surface area (Å²) in [7, 11) is 0. The van der Waals surface area contributed by atoms with Gasteiger partial charge in [0.25, 0.3) is 0 Å². The Morgan fingerprint density at radius 2 is 1.61 bits per heavy atom. The second-order valence-electron chi connectivity index (χ2n) is 7.35. The van der Waals surface area contributed by atoms with Crippen LogP contribution in [0.2, 0.25) is 0 Å². The van der Waals surface area contributed by atoms with Crippen LogP contribution in [-0.2, 0) is 17.6 Å².